The van der Waals surface area contributed by atoms with Crippen LogP contribution in [0.2, 0.25) is 0 Å². The fourth-order valence-corrected chi connectivity index (χ4v) is 1.56. The molecule has 0 bridgehead atoms. The number of allylic oxidation sites excluding steroid dienone is 1. The van der Waals surface area contributed by atoms with Crippen LogP contribution in [0, 0.1) is 11.3 Å². The summed E-state index contributed by atoms with van der Waals surface area (Å²) in [4.78, 5) is 14.0. The SMILES string of the molecule is CN(C)c1nc(N)nc(/C(C#N)=C/c2ccccc2)n1. The predicted molar refractivity (Wildman–Crippen MR) is 78.5 cm³/mol. The van der Waals surface area contributed by atoms with E-state index < -0.39 is 0 Å². The van der Waals surface area contributed by atoms with Crippen molar-refractivity contribution >= 4 is 23.5 Å². The average Bonchev–Trinajstić information content (AvgIpc) is 2.45. The zero-order chi connectivity index (χ0) is 14.5. The van der Waals surface area contributed by atoms with E-state index >= 15 is 0 Å². The highest BCUT2D eigenvalue weighted by molar-refractivity contribution is 5.87. The van der Waals surface area contributed by atoms with Crippen molar-refractivity contribution in [2.24, 2.45) is 0 Å². The zero-order valence-corrected chi connectivity index (χ0v) is 11.3. The summed E-state index contributed by atoms with van der Waals surface area (Å²) in [5, 5.41) is 9.29. The Balaban J connectivity index is 2.48. The molecule has 100 valence electrons. The van der Waals surface area contributed by atoms with E-state index in [4.69, 9.17) is 5.73 Å². The first-order valence-electron chi connectivity index (χ1n) is 5.96. The minimum absolute atomic E-state index is 0.0907. The van der Waals surface area contributed by atoms with Gasteiger partial charge >= 0.3 is 0 Å². The second-order valence-corrected chi connectivity index (χ2v) is 4.29. The molecule has 0 fully saturated rings. The van der Waals surface area contributed by atoms with Gasteiger partial charge in [-0.3, -0.25) is 0 Å². The molecule has 0 aliphatic rings. The molecule has 20 heavy (non-hydrogen) atoms. The summed E-state index contributed by atoms with van der Waals surface area (Å²) in [6, 6.07) is 11.6. The van der Waals surface area contributed by atoms with E-state index in [0.717, 1.165) is 5.56 Å². The van der Waals surface area contributed by atoms with E-state index in [0.29, 0.717) is 11.5 Å². The van der Waals surface area contributed by atoms with Crippen molar-refractivity contribution in [1.82, 2.24) is 15.0 Å². The van der Waals surface area contributed by atoms with Crippen LogP contribution in [0.4, 0.5) is 11.9 Å². The molecule has 0 saturated heterocycles. The molecular formula is C14H14N6. The van der Waals surface area contributed by atoms with Crippen molar-refractivity contribution in [2.45, 2.75) is 0 Å². The van der Waals surface area contributed by atoms with Crippen LogP contribution in [-0.4, -0.2) is 29.0 Å². The first kappa shape index (κ1) is 13.5. The maximum absolute atomic E-state index is 9.29. The minimum atomic E-state index is 0.0907. The summed E-state index contributed by atoms with van der Waals surface area (Å²) in [5.41, 5.74) is 6.90. The van der Waals surface area contributed by atoms with E-state index in [1.807, 2.05) is 30.3 Å². The van der Waals surface area contributed by atoms with Gasteiger partial charge in [-0.1, -0.05) is 30.3 Å². The monoisotopic (exact) mass is 266 g/mol. The van der Waals surface area contributed by atoms with Crippen molar-refractivity contribution in [3.63, 3.8) is 0 Å². The number of hydrogen-bond donors (Lipinski definition) is 1. The van der Waals surface area contributed by atoms with Gasteiger partial charge in [0, 0.05) is 14.1 Å². The van der Waals surface area contributed by atoms with E-state index in [9.17, 15) is 5.26 Å². The van der Waals surface area contributed by atoms with Gasteiger partial charge in [-0.15, -0.1) is 0 Å². The molecule has 1 aromatic heterocycles. The second kappa shape index (κ2) is 5.80. The molecule has 0 saturated carbocycles. The highest BCUT2D eigenvalue weighted by Crippen LogP contribution is 2.16. The van der Waals surface area contributed by atoms with Crippen LogP contribution < -0.4 is 10.6 Å². The Labute approximate surface area is 117 Å². The fourth-order valence-electron chi connectivity index (χ4n) is 1.56. The van der Waals surface area contributed by atoms with Gasteiger partial charge in [-0.25, -0.2) is 0 Å². The maximum atomic E-state index is 9.29. The Kier molecular flexibility index (Phi) is 3.91. The molecule has 1 aromatic carbocycles. The van der Waals surface area contributed by atoms with Crippen LogP contribution in [0.1, 0.15) is 11.4 Å². The van der Waals surface area contributed by atoms with E-state index in [-0.39, 0.29) is 11.8 Å². The lowest BCUT2D eigenvalue weighted by Gasteiger charge is -2.10. The summed E-state index contributed by atoms with van der Waals surface area (Å²) >= 11 is 0. The molecule has 0 radical (unpaired) electrons. The molecule has 2 aromatic rings. The normalized spacial score (nSPS) is 10.9. The van der Waals surface area contributed by atoms with Crippen molar-refractivity contribution in [2.75, 3.05) is 24.7 Å². The molecule has 6 heteroatoms. The summed E-state index contributed by atoms with van der Waals surface area (Å²) in [6.45, 7) is 0. The number of nitriles is 1. The number of anilines is 2. The van der Waals surface area contributed by atoms with Gasteiger partial charge in [-0.05, 0) is 11.6 Å². The Bertz CT molecular complexity index is 670. The first-order chi connectivity index (χ1) is 9.60. The number of aromatic nitrogens is 3. The van der Waals surface area contributed by atoms with Crippen molar-refractivity contribution in [3.05, 3.63) is 41.7 Å². The molecule has 0 spiro atoms. The van der Waals surface area contributed by atoms with Crippen molar-refractivity contribution in [1.29, 1.82) is 5.26 Å². The van der Waals surface area contributed by atoms with Gasteiger partial charge in [0.1, 0.15) is 6.07 Å². The van der Waals surface area contributed by atoms with E-state index in [1.165, 1.54) is 0 Å². The van der Waals surface area contributed by atoms with Crippen molar-refractivity contribution in [3.8, 4) is 6.07 Å². The summed E-state index contributed by atoms with van der Waals surface area (Å²) < 4.78 is 0. The lowest BCUT2D eigenvalue weighted by Crippen LogP contribution is -2.15. The molecule has 0 aliphatic carbocycles. The van der Waals surface area contributed by atoms with Gasteiger partial charge < -0.3 is 10.6 Å². The van der Waals surface area contributed by atoms with Crippen LogP contribution in [0.15, 0.2) is 30.3 Å². The molecule has 0 aliphatic heterocycles. The summed E-state index contributed by atoms with van der Waals surface area (Å²) in [5.74, 6) is 0.780. The third-order valence-electron chi connectivity index (χ3n) is 2.51. The Morgan fingerprint density at radius 1 is 1.20 bits per heavy atom. The number of nitrogen functional groups attached to an aromatic ring is 1. The lowest BCUT2D eigenvalue weighted by molar-refractivity contribution is 0.952. The minimum Gasteiger partial charge on any atom is -0.368 e. The summed E-state index contributed by atoms with van der Waals surface area (Å²) in [6.07, 6.45) is 1.72. The lowest BCUT2D eigenvalue weighted by atomic mass is 10.1. The average molecular weight is 266 g/mol. The number of benzene rings is 1. The molecule has 1 heterocycles. The molecule has 2 N–H and O–H groups in total. The largest absolute Gasteiger partial charge is 0.368 e. The Morgan fingerprint density at radius 2 is 1.90 bits per heavy atom. The number of nitrogens with two attached hydrogens (primary N) is 1. The number of nitrogens with zero attached hydrogens (tertiary/aromatic N) is 5. The molecule has 0 amide bonds. The van der Waals surface area contributed by atoms with Gasteiger partial charge in [0.25, 0.3) is 0 Å². The zero-order valence-electron chi connectivity index (χ0n) is 11.3. The van der Waals surface area contributed by atoms with Crippen LogP contribution in [0.25, 0.3) is 11.6 Å². The smallest absolute Gasteiger partial charge is 0.230 e. The first-order valence-corrected chi connectivity index (χ1v) is 5.96. The van der Waals surface area contributed by atoms with Crippen molar-refractivity contribution < 1.29 is 0 Å². The molecule has 0 unspecified atom stereocenters. The number of hydrogen-bond acceptors (Lipinski definition) is 6. The van der Waals surface area contributed by atoms with Crippen LogP contribution in [-0.2, 0) is 0 Å². The quantitative estimate of drug-likeness (QED) is 0.848. The third kappa shape index (κ3) is 3.09. The molecule has 6 nitrogen and oxygen atoms in total. The van der Waals surface area contributed by atoms with Gasteiger partial charge in [0.2, 0.25) is 11.9 Å². The molecule has 2 rings (SSSR count). The van der Waals surface area contributed by atoms with Crippen LogP contribution >= 0.6 is 0 Å². The van der Waals surface area contributed by atoms with Crippen LogP contribution in [0.5, 0.6) is 0 Å². The predicted octanol–water partition coefficient (Wildman–Crippen LogP) is 1.58. The molecular weight excluding hydrogens is 252 g/mol. The standard InChI is InChI=1S/C14H14N6/c1-20(2)14-18-12(17-13(16)19-14)11(9-15)8-10-6-4-3-5-7-10/h3-8H,1-2H3,(H2,16,17,18,19)/b11-8+. The number of rotatable bonds is 3. The van der Waals surface area contributed by atoms with E-state index in [1.54, 1.807) is 25.1 Å². The maximum Gasteiger partial charge on any atom is 0.230 e. The van der Waals surface area contributed by atoms with Gasteiger partial charge in [-0.2, -0.15) is 20.2 Å². The summed E-state index contributed by atoms with van der Waals surface area (Å²) in [7, 11) is 3.59. The third-order valence-corrected chi connectivity index (χ3v) is 2.51. The van der Waals surface area contributed by atoms with Crippen LogP contribution in [0.3, 0.4) is 0 Å². The van der Waals surface area contributed by atoms with Gasteiger partial charge in [0.05, 0.1) is 5.57 Å². The topological polar surface area (TPSA) is 91.7 Å². The second-order valence-electron chi connectivity index (χ2n) is 4.29. The molecule has 0 atom stereocenters. The van der Waals surface area contributed by atoms with Gasteiger partial charge in [0.15, 0.2) is 5.82 Å². The fraction of sp³-hybridized carbons (Fsp3) is 0.143. The highest BCUT2D eigenvalue weighted by Gasteiger charge is 2.10. The Morgan fingerprint density at radius 3 is 2.50 bits per heavy atom. The van der Waals surface area contributed by atoms with E-state index in [2.05, 4.69) is 21.0 Å². The Hall–Kier alpha value is -2.94. The highest BCUT2D eigenvalue weighted by atomic mass is 15.3.